The minimum atomic E-state index is -3.30. The first-order valence-corrected chi connectivity index (χ1v) is 7.00. The first-order valence-electron chi connectivity index (χ1n) is 5.11. The van der Waals surface area contributed by atoms with Gasteiger partial charge in [-0.2, -0.15) is 0 Å². The molecule has 102 valence electrons. The lowest BCUT2D eigenvalue weighted by molar-refractivity contribution is -0.139. The molecular weight excluding hydrogens is 248 g/mol. The van der Waals surface area contributed by atoms with E-state index in [-0.39, 0.29) is 19.5 Å². The molecule has 0 aliphatic rings. The van der Waals surface area contributed by atoms with Crippen molar-refractivity contribution in [2.24, 2.45) is 0 Å². The van der Waals surface area contributed by atoms with Crippen molar-refractivity contribution in [2.75, 3.05) is 19.3 Å². The Bertz CT molecular complexity index is 352. The summed E-state index contributed by atoms with van der Waals surface area (Å²) in [6, 6.07) is 0. The van der Waals surface area contributed by atoms with Gasteiger partial charge in [-0.05, 0) is 13.8 Å². The summed E-state index contributed by atoms with van der Waals surface area (Å²) < 4.78 is 24.5. The van der Waals surface area contributed by atoms with Crippen molar-refractivity contribution in [3.63, 3.8) is 0 Å². The lowest BCUT2D eigenvalue weighted by Crippen LogP contribution is -2.50. The van der Waals surface area contributed by atoms with Crippen LogP contribution in [-0.4, -0.2) is 55.6 Å². The number of hydrogen-bond acceptors (Lipinski definition) is 5. The van der Waals surface area contributed by atoms with E-state index in [1.165, 1.54) is 0 Å². The molecule has 4 N–H and O–H groups in total. The topological polar surface area (TPSA) is 116 Å². The van der Waals surface area contributed by atoms with Crippen molar-refractivity contribution in [3.05, 3.63) is 0 Å². The van der Waals surface area contributed by atoms with Crippen molar-refractivity contribution in [2.45, 2.75) is 31.9 Å². The highest BCUT2D eigenvalue weighted by molar-refractivity contribution is 7.88. The highest BCUT2D eigenvalue weighted by Crippen LogP contribution is 2.02. The van der Waals surface area contributed by atoms with Crippen LogP contribution in [0.1, 0.15) is 20.3 Å². The third-order valence-corrected chi connectivity index (χ3v) is 2.74. The van der Waals surface area contributed by atoms with Gasteiger partial charge in [-0.3, -0.25) is 4.79 Å². The Labute approximate surface area is 101 Å². The molecule has 0 amide bonds. The largest absolute Gasteiger partial charge is 0.481 e. The molecule has 1 unspecified atom stereocenters. The van der Waals surface area contributed by atoms with E-state index in [4.69, 9.17) is 5.11 Å². The molecule has 0 radical (unpaired) electrons. The number of carboxylic acid groups (broad SMARTS) is 1. The van der Waals surface area contributed by atoms with Gasteiger partial charge in [0.15, 0.2) is 0 Å². The van der Waals surface area contributed by atoms with E-state index < -0.39 is 27.6 Å². The molecule has 0 saturated carbocycles. The van der Waals surface area contributed by atoms with Crippen LogP contribution in [-0.2, 0) is 14.8 Å². The number of nitrogens with one attached hydrogen (secondary N) is 2. The van der Waals surface area contributed by atoms with Crippen LogP contribution >= 0.6 is 0 Å². The Morgan fingerprint density at radius 2 is 1.94 bits per heavy atom. The van der Waals surface area contributed by atoms with Gasteiger partial charge in [0.2, 0.25) is 10.0 Å². The lowest BCUT2D eigenvalue weighted by Gasteiger charge is -2.25. The van der Waals surface area contributed by atoms with Crippen molar-refractivity contribution in [3.8, 4) is 0 Å². The zero-order valence-corrected chi connectivity index (χ0v) is 11.0. The molecule has 0 aliphatic carbocycles. The monoisotopic (exact) mass is 268 g/mol. The second-order valence-corrected chi connectivity index (χ2v) is 6.39. The van der Waals surface area contributed by atoms with E-state index >= 15 is 0 Å². The van der Waals surface area contributed by atoms with E-state index in [1.807, 2.05) is 0 Å². The lowest BCUT2D eigenvalue weighted by atomic mass is 10.1. The fraction of sp³-hybridized carbons (Fsp3) is 0.889. The molecule has 0 aliphatic heterocycles. The van der Waals surface area contributed by atoms with Crippen molar-refractivity contribution >= 4 is 16.0 Å². The van der Waals surface area contributed by atoms with E-state index in [0.29, 0.717) is 0 Å². The van der Waals surface area contributed by atoms with Gasteiger partial charge in [0.05, 0.1) is 18.8 Å². The molecule has 1 atom stereocenters. The molecule has 0 aromatic rings. The predicted octanol–water partition coefficient (Wildman–Crippen LogP) is -1.26. The molecule has 17 heavy (non-hydrogen) atoms. The van der Waals surface area contributed by atoms with Crippen molar-refractivity contribution < 1.29 is 23.4 Å². The SMILES string of the molecule is CC(C)(CNCC(O)CC(=O)O)NS(C)(=O)=O. The second-order valence-electron chi connectivity index (χ2n) is 4.64. The Morgan fingerprint density at radius 1 is 1.41 bits per heavy atom. The van der Waals surface area contributed by atoms with E-state index in [2.05, 4.69) is 10.0 Å². The van der Waals surface area contributed by atoms with Gasteiger partial charge in [-0.1, -0.05) is 0 Å². The smallest absolute Gasteiger partial charge is 0.306 e. The molecule has 0 aromatic carbocycles. The molecule has 0 fully saturated rings. The number of aliphatic hydroxyl groups is 1. The summed E-state index contributed by atoms with van der Waals surface area (Å²) in [7, 11) is -3.30. The summed E-state index contributed by atoms with van der Waals surface area (Å²) in [4.78, 5) is 10.3. The van der Waals surface area contributed by atoms with Crippen LogP contribution in [0.4, 0.5) is 0 Å². The van der Waals surface area contributed by atoms with Gasteiger partial charge in [-0.15, -0.1) is 0 Å². The highest BCUT2D eigenvalue weighted by Gasteiger charge is 2.22. The fourth-order valence-electron chi connectivity index (χ4n) is 1.36. The number of aliphatic carboxylic acids is 1. The van der Waals surface area contributed by atoms with Crippen LogP contribution in [0, 0.1) is 0 Å². The number of sulfonamides is 1. The Kier molecular flexibility index (Phi) is 6.03. The molecule has 0 bridgehead atoms. The predicted molar refractivity (Wildman–Crippen MR) is 63.2 cm³/mol. The molecule has 0 saturated heterocycles. The average Bonchev–Trinajstić information content (AvgIpc) is 1.95. The molecule has 0 rings (SSSR count). The molecule has 8 heteroatoms. The van der Waals surface area contributed by atoms with Crippen LogP contribution in [0.15, 0.2) is 0 Å². The maximum absolute atomic E-state index is 11.0. The van der Waals surface area contributed by atoms with Crippen LogP contribution in [0.25, 0.3) is 0 Å². The Morgan fingerprint density at radius 3 is 2.35 bits per heavy atom. The summed E-state index contributed by atoms with van der Waals surface area (Å²) in [5.74, 6) is -1.08. The maximum Gasteiger partial charge on any atom is 0.306 e. The van der Waals surface area contributed by atoms with Crippen molar-refractivity contribution in [1.82, 2.24) is 10.0 Å². The van der Waals surface area contributed by atoms with Gasteiger partial charge in [-0.25, -0.2) is 13.1 Å². The van der Waals surface area contributed by atoms with Crippen LogP contribution < -0.4 is 10.0 Å². The summed E-state index contributed by atoms with van der Waals surface area (Å²) >= 11 is 0. The van der Waals surface area contributed by atoms with Crippen LogP contribution in [0.5, 0.6) is 0 Å². The first-order chi connectivity index (χ1) is 7.52. The standard InChI is InChI=1S/C9H20N2O5S/c1-9(2,11-17(3,15)16)6-10-5-7(12)4-8(13)14/h7,10-12H,4-6H2,1-3H3,(H,13,14). The van der Waals surface area contributed by atoms with E-state index in [1.54, 1.807) is 13.8 Å². The van der Waals surface area contributed by atoms with Gasteiger partial charge >= 0.3 is 5.97 Å². The number of hydrogen-bond donors (Lipinski definition) is 4. The zero-order valence-electron chi connectivity index (χ0n) is 10.2. The van der Waals surface area contributed by atoms with Crippen molar-refractivity contribution in [1.29, 1.82) is 0 Å². The fourth-order valence-corrected chi connectivity index (χ4v) is 2.44. The maximum atomic E-state index is 11.0. The second kappa shape index (κ2) is 6.29. The van der Waals surface area contributed by atoms with Gasteiger partial charge in [0, 0.05) is 18.6 Å². The van der Waals surface area contributed by atoms with Gasteiger partial charge in [0.25, 0.3) is 0 Å². The molecule has 0 heterocycles. The average molecular weight is 268 g/mol. The molecule has 0 aromatic heterocycles. The molecular formula is C9H20N2O5S. The minimum absolute atomic E-state index is 0.0984. The minimum Gasteiger partial charge on any atom is -0.481 e. The van der Waals surface area contributed by atoms with Crippen LogP contribution in [0.3, 0.4) is 0 Å². The van der Waals surface area contributed by atoms with E-state index in [9.17, 15) is 18.3 Å². The van der Waals surface area contributed by atoms with E-state index in [0.717, 1.165) is 6.26 Å². The molecule has 0 spiro atoms. The zero-order chi connectivity index (χ0) is 13.7. The number of carboxylic acids is 1. The third kappa shape index (κ3) is 10.2. The number of carbonyl (C=O) groups is 1. The summed E-state index contributed by atoms with van der Waals surface area (Å²) in [6.45, 7) is 3.76. The van der Waals surface area contributed by atoms with Gasteiger partial charge < -0.3 is 15.5 Å². The van der Waals surface area contributed by atoms with Crippen LogP contribution in [0.2, 0.25) is 0 Å². The third-order valence-electron chi connectivity index (χ3n) is 1.82. The normalized spacial score (nSPS) is 14.6. The molecule has 7 nitrogen and oxygen atoms in total. The summed E-state index contributed by atoms with van der Waals surface area (Å²) in [5, 5.41) is 20.5. The first kappa shape index (κ1) is 16.3. The Balaban J connectivity index is 3.99. The number of aliphatic hydroxyl groups excluding tert-OH is 1. The quantitative estimate of drug-likeness (QED) is 0.437. The highest BCUT2D eigenvalue weighted by atomic mass is 32.2. The number of rotatable bonds is 8. The van der Waals surface area contributed by atoms with Gasteiger partial charge in [0.1, 0.15) is 0 Å². The summed E-state index contributed by atoms with van der Waals surface area (Å²) in [6.07, 6.45) is -0.262. The summed E-state index contributed by atoms with van der Waals surface area (Å²) in [5.41, 5.74) is -0.698. The Hall–Kier alpha value is -0.700.